The quantitative estimate of drug-likeness (QED) is 0.553. The third-order valence-corrected chi connectivity index (χ3v) is 2.38. The first-order chi connectivity index (χ1) is 5.15. The fourth-order valence-electron chi connectivity index (χ4n) is 1.69. The van der Waals surface area contributed by atoms with Crippen molar-refractivity contribution in [1.29, 1.82) is 0 Å². The monoisotopic (exact) mass is 153 g/mol. The van der Waals surface area contributed by atoms with E-state index in [1.807, 2.05) is 13.1 Å². The second-order valence-corrected chi connectivity index (χ2v) is 3.30. The molecule has 0 bridgehead atoms. The number of carbonyl (C=O) groups is 1. The van der Waals surface area contributed by atoms with Crippen molar-refractivity contribution in [1.82, 2.24) is 4.90 Å². The molecule has 0 aliphatic carbocycles. The normalized spacial score (nSPS) is 32.2. The summed E-state index contributed by atoms with van der Waals surface area (Å²) in [6.45, 7) is 6.37. The number of hydrogen-bond acceptors (Lipinski definition) is 2. The van der Waals surface area contributed by atoms with Crippen LogP contribution >= 0.6 is 0 Å². The van der Waals surface area contributed by atoms with Crippen molar-refractivity contribution in [2.45, 2.75) is 19.4 Å². The zero-order valence-corrected chi connectivity index (χ0v) is 7.21. The zero-order valence-electron chi connectivity index (χ0n) is 7.21. The number of likely N-dealkylation sites (tertiary alicyclic amines) is 1. The van der Waals surface area contributed by atoms with Crippen LogP contribution in [0.4, 0.5) is 0 Å². The Bertz CT molecular complexity index is 176. The van der Waals surface area contributed by atoms with Gasteiger partial charge in [0.05, 0.1) is 6.04 Å². The Morgan fingerprint density at radius 2 is 2.36 bits per heavy atom. The summed E-state index contributed by atoms with van der Waals surface area (Å²) in [5, 5.41) is 0. The maximum Gasteiger partial charge on any atom is 0.146 e. The van der Waals surface area contributed by atoms with Crippen molar-refractivity contribution < 1.29 is 4.79 Å². The van der Waals surface area contributed by atoms with E-state index in [-0.39, 0.29) is 11.8 Å². The minimum Gasteiger partial charge on any atom is -0.298 e. The van der Waals surface area contributed by atoms with E-state index in [4.69, 9.17) is 0 Å². The lowest BCUT2D eigenvalue weighted by Gasteiger charge is -2.14. The van der Waals surface area contributed by atoms with Crippen molar-refractivity contribution in [3.05, 3.63) is 12.7 Å². The van der Waals surface area contributed by atoms with E-state index in [0.29, 0.717) is 5.92 Å². The predicted molar refractivity (Wildman–Crippen MR) is 45.4 cm³/mol. The Morgan fingerprint density at radius 1 is 1.73 bits per heavy atom. The summed E-state index contributed by atoms with van der Waals surface area (Å²) in [5.74, 6) is 0.783. The van der Waals surface area contributed by atoms with Gasteiger partial charge in [0.2, 0.25) is 0 Å². The Hall–Kier alpha value is -0.630. The molecule has 0 unspecified atom stereocenters. The summed E-state index contributed by atoms with van der Waals surface area (Å²) >= 11 is 0. The SMILES string of the molecule is C=C[C@H]1C[C@@H](C(C)=O)N(C)C1. The van der Waals surface area contributed by atoms with Crippen molar-refractivity contribution in [2.75, 3.05) is 13.6 Å². The van der Waals surface area contributed by atoms with Crippen LogP contribution in [0, 0.1) is 5.92 Å². The van der Waals surface area contributed by atoms with Crippen LogP contribution in [0.2, 0.25) is 0 Å². The molecule has 2 atom stereocenters. The van der Waals surface area contributed by atoms with Gasteiger partial charge in [0, 0.05) is 6.54 Å². The summed E-state index contributed by atoms with van der Waals surface area (Å²) in [6, 6.07) is 0.137. The molecule has 0 saturated carbocycles. The van der Waals surface area contributed by atoms with Crippen LogP contribution in [-0.4, -0.2) is 30.3 Å². The highest BCUT2D eigenvalue weighted by Gasteiger charge is 2.30. The van der Waals surface area contributed by atoms with Gasteiger partial charge < -0.3 is 0 Å². The molecule has 1 fully saturated rings. The minimum atomic E-state index is 0.137. The smallest absolute Gasteiger partial charge is 0.146 e. The zero-order chi connectivity index (χ0) is 8.43. The molecule has 62 valence electrons. The van der Waals surface area contributed by atoms with Gasteiger partial charge in [-0.05, 0) is 26.3 Å². The first kappa shape index (κ1) is 8.47. The van der Waals surface area contributed by atoms with Crippen LogP contribution in [0.3, 0.4) is 0 Å². The molecule has 1 saturated heterocycles. The Labute approximate surface area is 67.9 Å². The molecule has 1 aliphatic rings. The van der Waals surface area contributed by atoms with Crippen LogP contribution in [-0.2, 0) is 4.79 Å². The fraction of sp³-hybridized carbons (Fsp3) is 0.667. The van der Waals surface area contributed by atoms with Gasteiger partial charge in [-0.3, -0.25) is 9.69 Å². The number of likely N-dealkylation sites (N-methyl/N-ethyl adjacent to an activating group) is 1. The minimum absolute atomic E-state index is 0.137. The first-order valence-corrected chi connectivity index (χ1v) is 3.98. The standard InChI is InChI=1S/C9H15NO/c1-4-8-5-9(7(2)11)10(3)6-8/h4,8-9H,1,5-6H2,2-3H3/t8-,9-/m0/s1. The summed E-state index contributed by atoms with van der Waals surface area (Å²) in [5.41, 5.74) is 0. The van der Waals surface area contributed by atoms with Crippen LogP contribution in [0.1, 0.15) is 13.3 Å². The molecule has 0 aromatic carbocycles. The van der Waals surface area contributed by atoms with Gasteiger partial charge in [-0.25, -0.2) is 0 Å². The molecule has 0 spiro atoms. The summed E-state index contributed by atoms with van der Waals surface area (Å²) in [7, 11) is 2.00. The fourth-order valence-corrected chi connectivity index (χ4v) is 1.69. The van der Waals surface area contributed by atoms with Crippen molar-refractivity contribution >= 4 is 5.78 Å². The highest BCUT2D eigenvalue weighted by atomic mass is 16.1. The van der Waals surface area contributed by atoms with Gasteiger partial charge in [0.15, 0.2) is 0 Å². The Kier molecular flexibility index (Phi) is 2.45. The highest BCUT2D eigenvalue weighted by molar-refractivity contribution is 5.81. The Morgan fingerprint density at radius 3 is 2.64 bits per heavy atom. The average Bonchev–Trinajstić information content (AvgIpc) is 2.30. The number of nitrogens with zero attached hydrogens (tertiary/aromatic N) is 1. The molecule has 11 heavy (non-hydrogen) atoms. The van der Waals surface area contributed by atoms with Gasteiger partial charge in [0.1, 0.15) is 5.78 Å². The molecule has 2 heteroatoms. The molecule has 0 amide bonds. The molecule has 0 aromatic rings. The molecule has 0 N–H and O–H groups in total. The van der Waals surface area contributed by atoms with E-state index in [1.54, 1.807) is 6.92 Å². The third kappa shape index (κ3) is 1.69. The average molecular weight is 153 g/mol. The van der Waals surface area contributed by atoms with E-state index in [2.05, 4.69) is 11.5 Å². The van der Waals surface area contributed by atoms with E-state index in [1.165, 1.54) is 0 Å². The number of Topliss-reactive ketones (excluding diaryl/α,β-unsaturated/α-hetero) is 1. The lowest BCUT2D eigenvalue weighted by molar-refractivity contribution is -0.120. The second-order valence-electron chi connectivity index (χ2n) is 3.30. The van der Waals surface area contributed by atoms with E-state index >= 15 is 0 Å². The van der Waals surface area contributed by atoms with Crippen LogP contribution in [0.15, 0.2) is 12.7 Å². The summed E-state index contributed by atoms with van der Waals surface area (Å²) in [6.07, 6.45) is 2.90. The van der Waals surface area contributed by atoms with Crippen molar-refractivity contribution in [2.24, 2.45) is 5.92 Å². The number of rotatable bonds is 2. The van der Waals surface area contributed by atoms with E-state index in [9.17, 15) is 4.79 Å². The predicted octanol–water partition coefficient (Wildman–Crippen LogP) is 1.08. The lowest BCUT2D eigenvalue weighted by Crippen LogP contribution is -2.30. The molecule has 1 rings (SSSR count). The maximum absolute atomic E-state index is 11.0. The molecule has 1 heterocycles. The number of ketones is 1. The molecule has 0 radical (unpaired) electrons. The van der Waals surface area contributed by atoms with Crippen molar-refractivity contribution in [3.8, 4) is 0 Å². The molecular formula is C9H15NO. The lowest BCUT2D eigenvalue weighted by atomic mass is 10.0. The second kappa shape index (κ2) is 3.18. The van der Waals surface area contributed by atoms with E-state index in [0.717, 1.165) is 13.0 Å². The summed E-state index contributed by atoms with van der Waals surface area (Å²) in [4.78, 5) is 13.1. The molecule has 0 aromatic heterocycles. The van der Waals surface area contributed by atoms with Crippen LogP contribution in [0.25, 0.3) is 0 Å². The molecular weight excluding hydrogens is 138 g/mol. The van der Waals surface area contributed by atoms with Crippen molar-refractivity contribution in [3.63, 3.8) is 0 Å². The first-order valence-electron chi connectivity index (χ1n) is 3.98. The Balaban J connectivity index is 2.58. The third-order valence-electron chi connectivity index (χ3n) is 2.38. The van der Waals surface area contributed by atoms with Gasteiger partial charge in [-0.2, -0.15) is 0 Å². The largest absolute Gasteiger partial charge is 0.298 e. The van der Waals surface area contributed by atoms with Gasteiger partial charge in [-0.15, -0.1) is 6.58 Å². The summed E-state index contributed by atoms with van der Waals surface area (Å²) < 4.78 is 0. The number of carbonyl (C=O) groups excluding carboxylic acids is 1. The van der Waals surface area contributed by atoms with Crippen LogP contribution in [0.5, 0.6) is 0 Å². The molecule has 1 aliphatic heterocycles. The van der Waals surface area contributed by atoms with Gasteiger partial charge >= 0.3 is 0 Å². The molecule has 2 nitrogen and oxygen atoms in total. The van der Waals surface area contributed by atoms with Gasteiger partial charge in [-0.1, -0.05) is 6.08 Å². The van der Waals surface area contributed by atoms with Crippen LogP contribution < -0.4 is 0 Å². The van der Waals surface area contributed by atoms with E-state index < -0.39 is 0 Å². The number of hydrogen-bond donors (Lipinski definition) is 0. The topological polar surface area (TPSA) is 20.3 Å². The maximum atomic E-state index is 11.0. The highest BCUT2D eigenvalue weighted by Crippen LogP contribution is 2.22. The van der Waals surface area contributed by atoms with Gasteiger partial charge in [0.25, 0.3) is 0 Å².